The van der Waals surface area contributed by atoms with Gasteiger partial charge in [0.05, 0.1) is 17.4 Å². The summed E-state index contributed by atoms with van der Waals surface area (Å²) >= 11 is 0. The molecule has 3 aromatic rings. The molecule has 2 aromatic heterocycles. The van der Waals surface area contributed by atoms with Gasteiger partial charge in [0, 0.05) is 31.0 Å². The number of nitrogens with two attached hydrogens (primary N) is 1. The molecule has 4 N–H and O–H groups in total. The Morgan fingerprint density at radius 3 is 2.79 bits per heavy atom. The fourth-order valence-electron chi connectivity index (χ4n) is 2.79. The van der Waals surface area contributed by atoms with Crippen LogP contribution in [0.25, 0.3) is 0 Å². The largest absolute Gasteiger partial charge is 0.365 e. The van der Waals surface area contributed by atoms with E-state index in [-0.39, 0.29) is 29.7 Å². The minimum absolute atomic E-state index is 0.129. The first-order valence-electron chi connectivity index (χ1n) is 8.98. The van der Waals surface area contributed by atoms with Gasteiger partial charge in [-0.15, -0.1) is 0 Å². The number of primary amides is 1. The molecule has 2 heterocycles. The van der Waals surface area contributed by atoms with E-state index in [1.807, 2.05) is 26.1 Å². The van der Waals surface area contributed by atoms with Crippen LogP contribution in [0.4, 0.5) is 21.8 Å². The second-order valence-corrected chi connectivity index (χ2v) is 6.11. The molecule has 28 heavy (non-hydrogen) atoms. The van der Waals surface area contributed by atoms with Gasteiger partial charge in [0.2, 0.25) is 5.95 Å². The number of aromatic nitrogens is 4. The molecular formula is C19H22FN7O. The van der Waals surface area contributed by atoms with Crippen molar-refractivity contribution in [2.75, 3.05) is 10.6 Å². The quantitative estimate of drug-likeness (QED) is 0.552. The van der Waals surface area contributed by atoms with Crippen LogP contribution in [-0.4, -0.2) is 25.7 Å². The highest BCUT2D eigenvalue weighted by atomic mass is 19.1. The maximum atomic E-state index is 14.2. The Balaban J connectivity index is 1.85. The zero-order chi connectivity index (χ0) is 20.1. The fraction of sp³-hybridized carbons (Fsp3) is 0.263. The summed E-state index contributed by atoms with van der Waals surface area (Å²) in [5, 5.41) is 10.2. The topological polar surface area (TPSA) is 111 Å². The zero-order valence-corrected chi connectivity index (χ0v) is 15.7. The Labute approximate surface area is 162 Å². The van der Waals surface area contributed by atoms with Gasteiger partial charge in [-0.25, -0.2) is 9.37 Å². The predicted molar refractivity (Wildman–Crippen MR) is 105 cm³/mol. The van der Waals surface area contributed by atoms with Gasteiger partial charge < -0.3 is 16.4 Å². The third kappa shape index (κ3) is 4.25. The number of benzene rings is 1. The van der Waals surface area contributed by atoms with Crippen LogP contribution in [0.3, 0.4) is 0 Å². The Morgan fingerprint density at radius 2 is 2.11 bits per heavy atom. The lowest BCUT2D eigenvalue weighted by Gasteiger charge is -2.13. The molecule has 0 saturated carbocycles. The lowest BCUT2D eigenvalue weighted by Crippen LogP contribution is -2.17. The van der Waals surface area contributed by atoms with Gasteiger partial charge in [-0.1, -0.05) is 19.1 Å². The van der Waals surface area contributed by atoms with Gasteiger partial charge in [0.25, 0.3) is 5.91 Å². The maximum Gasteiger partial charge on any atom is 0.254 e. The van der Waals surface area contributed by atoms with E-state index >= 15 is 0 Å². The van der Waals surface area contributed by atoms with Gasteiger partial charge in [0.15, 0.2) is 0 Å². The van der Waals surface area contributed by atoms with Gasteiger partial charge in [-0.2, -0.15) is 10.1 Å². The highest BCUT2D eigenvalue weighted by molar-refractivity contribution is 5.97. The maximum absolute atomic E-state index is 14.2. The smallest absolute Gasteiger partial charge is 0.254 e. The highest BCUT2D eigenvalue weighted by Gasteiger charge is 2.14. The lowest BCUT2D eigenvalue weighted by atomic mass is 10.0. The number of hydrogen-bond donors (Lipinski definition) is 3. The molecule has 0 atom stereocenters. The SMILES string of the molecule is CCc1cccc(F)c1CNc1nc(Nc2cnn(CC)c2)ncc1C(N)=O. The Hall–Kier alpha value is -3.49. The average Bonchev–Trinajstić information content (AvgIpc) is 3.14. The summed E-state index contributed by atoms with van der Waals surface area (Å²) in [6, 6.07) is 4.95. The molecule has 0 bridgehead atoms. The molecule has 0 unspecified atom stereocenters. The van der Waals surface area contributed by atoms with Crippen LogP contribution in [0.5, 0.6) is 0 Å². The van der Waals surface area contributed by atoms with Crippen LogP contribution >= 0.6 is 0 Å². The van der Waals surface area contributed by atoms with Crippen molar-refractivity contribution in [2.45, 2.75) is 33.4 Å². The number of rotatable bonds is 8. The van der Waals surface area contributed by atoms with E-state index in [1.165, 1.54) is 12.3 Å². The first kappa shape index (κ1) is 19.3. The van der Waals surface area contributed by atoms with Gasteiger partial charge in [0.1, 0.15) is 11.6 Å². The molecule has 0 fully saturated rings. The summed E-state index contributed by atoms with van der Waals surface area (Å²) in [7, 11) is 0. The number of anilines is 3. The van der Waals surface area contributed by atoms with Crippen molar-refractivity contribution in [3.63, 3.8) is 0 Å². The number of hydrogen-bond acceptors (Lipinski definition) is 6. The summed E-state index contributed by atoms with van der Waals surface area (Å²) in [6.07, 6.45) is 5.49. The number of nitrogens with zero attached hydrogens (tertiary/aromatic N) is 4. The van der Waals surface area contributed by atoms with Crippen molar-refractivity contribution >= 4 is 23.4 Å². The van der Waals surface area contributed by atoms with Crippen molar-refractivity contribution in [2.24, 2.45) is 5.73 Å². The summed E-state index contributed by atoms with van der Waals surface area (Å²) in [4.78, 5) is 20.2. The van der Waals surface area contributed by atoms with E-state index < -0.39 is 5.91 Å². The van der Waals surface area contributed by atoms with E-state index in [9.17, 15) is 9.18 Å². The molecule has 146 valence electrons. The first-order chi connectivity index (χ1) is 13.5. The predicted octanol–water partition coefficient (Wildman–Crippen LogP) is 2.85. The second kappa shape index (κ2) is 8.47. The summed E-state index contributed by atoms with van der Waals surface area (Å²) in [5.74, 6) is -0.477. The molecule has 1 amide bonds. The van der Waals surface area contributed by atoms with Crippen molar-refractivity contribution < 1.29 is 9.18 Å². The number of aryl methyl sites for hydroxylation is 2. The minimum Gasteiger partial charge on any atom is -0.365 e. The van der Waals surface area contributed by atoms with Crippen LogP contribution in [0.2, 0.25) is 0 Å². The summed E-state index contributed by atoms with van der Waals surface area (Å²) in [6.45, 7) is 4.83. The molecule has 9 heteroatoms. The minimum atomic E-state index is -0.669. The van der Waals surface area contributed by atoms with Gasteiger partial charge in [-0.05, 0) is 25.0 Å². The van der Waals surface area contributed by atoms with Crippen LogP contribution in [0.15, 0.2) is 36.8 Å². The Morgan fingerprint density at radius 1 is 1.29 bits per heavy atom. The molecular weight excluding hydrogens is 361 g/mol. The molecule has 0 aliphatic rings. The number of carbonyl (C=O) groups excluding carboxylic acids is 1. The average molecular weight is 383 g/mol. The van der Waals surface area contributed by atoms with Crippen LogP contribution in [-0.2, 0) is 19.5 Å². The number of amides is 1. The Bertz CT molecular complexity index is 986. The van der Waals surface area contributed by atoms with E-state index in [0.717, 1.165) is 12.1 Å². The third-order valence-corrected chi connectivity index (χ3v) is 4.30. The highest BCUT2D eigenvalue weighted by Crippen LogP contribution is 2.20. The van der Waals surface area contributed by atoms with Gasteiger partial charge in [-0.3, -0.25) is 9.48 Å². The number of carbonyl (C=O) groups is 1. The van der Waals surface area contributed by atoms with E-state index in [0.29, 0.717) is 17.7 Å². The van der Waals surface area contributed by atoms with Crippen LogP contribution in [0, 0.1) is 5.82 Å². The van der Waals surface area contributed by atoms with E-state index in [2.05, 4.69) is 25.7 Å². The normalized spacial score (nSPS) is 10.7. The molecule has 3 rings (SSSR count). The van der Waals surface area contributed by atoms with Crippen LogP contribution < -0.4 is 16.4 Å². The van der Waals surface area contributed by atoms with E-state index in [1.54, 1.807) is 16.9 Å². The Kier molecular flexibility index (Phi) is 5.83. The third-order valence-electron chi connectivity index (χ3n) is 4.30. The number of nitrogens with one attached hydrogen (secondary N) is 2. The van der Waals surface area contributed by atoms with Crippen LogP contribution in [0.1, 0.15) is 35.3 Å². The molecule has 0 aliphatic carbocycles. The molecule has 0 radical (unpaired) electrons. The lowest BCUT2D eigenvalue weighted by molar-refractivity contribution is 0.100. The van der Waals surface area contributed by atoms with Crippen molar-refractivity contribution in [1.29, 1.82) is 0 Å². The molecule has 1 aromatic carbocycles. The molecule has 8 nitrogen and oxygen atoms in total. The first-order valence-corrected chi connectivity index (χ1v) is 8.98. The molecule has 0 aliphatic heterocycles. The van der Waals surface area contributed by atoms with E-state index in [4.69, 9.17) is 5.73 Å². The number of halogens is 1. The van der Waals surface area contributed by atoms with Crippen molar-refractivity contribution in [3.8, 4) is 0 Å². The zero-order valence-electron chi connectivity index (χ0n) is 15.7. The summed E-state index contributed by atoms with van der Waals surface area (Å²) < 4.78 is 16.0. The fourth-order valence-corrected chi connectivity index (χ4v) is 2.79. The molecule has 0 saturated heterocycles. The standard InChI is InChI=1S/C19H22FN7O/c1-3-12-6-5-7-16(20)14(12)9-22-18-15(17(21)28)10-23-19(26-18)25-13-8-24-27(4-2)11-13/h5-8,10-11H,3-4,9H2,1-2H3,(H2,21,28)(H2,22,23,25,26). The monoisotopic (exact) mass is 383 g/mol. The summed E-state index contributed by atoms with van der Waals surface area (Å²) in [5.41, 5.74) is 7.67. The molecule has 0 spiro atoms. The van der Waals surface area contributed by atoms with Crippen molar-refractivity contribution in [1.82, 2.24) is 19.7 Å². The second-order valence-electron chi connectivity index (χ2n) is 6.11. The van der Waals surface area contributed by atoms with Gasteiger partial charge >= 0.3 is 0 Å². The van der Waals surface area contributed by atoms with Crippen molar-refractivity contribution in [3.05, 3.63) is 59.3 Å².